The number of hydrogen-bond donors (Lipinski definition) is 1. The average Bonchev–Trinajstić information content (AvgIpc) is 2.81. The minimum Gasteiger partial charge on any atom is -0.307 e. The summed E-state index contributed by atoms with van der Waals surface area (Å²) in [5.74, 6) is 0.781. The minimum absolute atomic E-state index is 0.332. The Morgan fingerprint density at radius 1 is 1.36 bits per heavy atom. The highest BCUT2D eigenvalue weighted by atomic mass is 35.5. The molecule has 1 aliphatic rings. The van der Waals surface area contributed by atoms with Crippen molar-refractivity contribution in [2.45, 2.75) is 51.1 Å². The smallest absolute Gasteiger partial charge is 0.0406 e. The van der Waals surface area contributed by atoms with E-state index in [1.54, 1.807) is 0 Å². The fourth-order valence-corrected chi connectivity index (χ4v) is 1.74. The van der Waals surface area contributed by atoms with Crippen molar-refractivity contribution in [1.29, 1.82) is 0 Å². The van der Waals surface area contributed by atoms with E-state index in [1.807, 2.05) is 0 Å². The van der Waals surface area contributed by atoms with Gasteiger partial charge in [0.25, 0.3) is 0 Å². The van der Waals surface area contributed by atoms with Gasteiger partial charge < -0.3 is 5.32 Å². The summed E-state index contributed by atoms with van der Waals surface area (Å²) in [6.45, 7) is 4.46. The molecule has 1 saturated carbocycles. The Bertz CT molecular complexity index is 117. The highest BCUT2D eigenvalue weighted by Gasteiger charge is 2.42. The fraction of sp³-hybridized carbons (Fsp3) is 1.00. The Morgan fingerprint density at radius 2 is 1.91 bits per heavy atom. The molecule has 0 heterocycles. The van der Waals surface area contributed by atoms with Crippen molar-refractivity contribution >= 4 is 11.6 Å². The molecule has 1 fully saturated rings. The second-order valence-electron chi connectivity index (χ2n) is 3.57. The number of nitrogens with one attached hydrogen (secondary N) is 1. The van der Waals surface area contributed by atoms with Crippen molar-refractivity contribution < 1.29 is 0 Å². The quantitative estimate of drug-likeness (QED) is 0.634. The molecule has 0 atom stereocenters. The lowest BCUT2D eigenvalue weighted by molar-refractivity contribution is 0.415. The molecule has 2 heteroatoms. The van der Waals surface area contributed by atoms with Crippen molar-refractivity contribution in [1.82, 2.24) is 5.32 Å². The van der Waals surface area contributed by atoms with Gasteiger partial charge in [0.15, 0.2) is 0 Å². The van der Waals surface area contributed by atoms with Crippen molar-refractivity contribution in [3.63, 3.8) is 0 Å². The molecule has 0 spiro atoms. The van der Waals surface area contributed by atoms with Crippen LogP contribution in [-0.4, -0.2) is 17.5 Å². The minimum atomic E-state index is 0.332. The summed E-state index contributed by atoms with van der Waals surface area (Å²) in [4.78, 5) is 0. The van der Waals surface area contributed by atoms with Gasteiger partial charge in [0.2, 0.25) is 0 Å². The number of hydrogen-bond acceptors (Lipinski definition) is 1. The predicted molar refractivity (Wildman–Crippen MR) is 50.2 cm³/mol. The first kappa shape index (κ1) is 9.34. The molecule has 66 valence electrons. The zero-order valence-electron chi connectivity index (χ0n) is 7.49. The van der Waals surface area contributed by atoms with Crippen molar-refractivity contribution in [3.05, 3.63) is 0 Å². The van der Waals surface area contributed by atoms with Gasteiger partial charge in [-0.2, -0.15) is 0 Å². The summed E-state index contributed by atoms with van der Waals surface area (Å²) >= 11 is 5.85. The van der Waals surface area contributed by atoms with Crippen LogP contribution in [0, 0.1) is 0 Å². The molecule has 0 amide bonds. The van der Waals surface area contributed by atoms with Crippen LogP contribution in [0.5, 0.6) is 0 Å². The van der Waals surface area contributed by atoms with Crippen molar-refractivity contribution in [3.8, 4) is 0 Å². The van der Waals surface area contributed by atoms with Gasteiger partial charge in [0.05, 0.1) is 0 Å². The van der Waals surface area contributed by atoms with E-state index >= 15 is 0 Å². The van der Waals surface area contributed by atoms with Crippen molar-refractivity contribution in [2.75, 3.05) is 5.88 Å². The summed E-state index contributed by atoms with van der Waals surface area (Å²) in [5.41, 5.74) is 0.332. The maximum Gasteiger partial charge on any atom is 0.0406 e. The average molecular weight is 176 g/mol. The van der Waals surface area contributed by atoms with Gasteiger partial charge in [-0.15, -0.1) is 11.6 Å². The topological polar surface area (TPSA) is 12.0 Å². The largest absolute Gasteiger partial charge is 0.307 e. The molecule has 1 aliphatic carbocycles. The van der Waals surface area contributed by atoms with Crippen LogP contribution in [0.4, 0.5) is 0 Å². The van der Waals surface area contributed by atoms with E-state index in [9.17, 15) is 0 Å². The lowest BCUT2D eigenvalue weighted by Gasteiger charge is -2.21. The van der Waals surface area contributed by atoms with Crippen molar-refractivity contribution in [2.24, 2.45) is 0 Å². The molecule has 0 aromatic heterocycles. The van der Waals surface area contributed by atoms with Crippen LogP contribution in [0.3, 0.4) is 0 Å². The van der Waals surface area contributed by atoms with Crippen LogP contribution in [0.2, 0.25) is 0 Å². The summed E-state index contributed by atoms with van der Waals surface area (Å²) in [7, 11) is 0. The summed E-state index contributed by atoms with van der Waals surface area (Å²) in [6, 6.07) is 0.677. The third kappa shape index (κ3) is 2.34. The zero-order chi connectivity index (χ0) is 8.32. The Balaban J connectivity index is 2.27. The Labute approximate surface area is 74.5 Å². The van der Waals surface area contributed by atoms with Gasteiger partial charge in [-0.3, -0.25) is 0 Å². The molecule has 11 heavy (non-hydrogen) atoms. The van der Waals surface area contributed by atoms with Crippen LogP contribution >= 0.6 is 11.6 Å². The maximum atomic E-state index is 5.85. The lowest BCUT2D eigenvalue weighted by Crippen LogP contribution is -2.40. The van der Waals surface area contributed by atoms with Gasteiger partial charge in [-0.25, -0.2) is 0 Å². The molecule has 0 aromatic carbocycles. The molecule has 0 aromatic rings. The van der Waals surface area contributed by atoms with E-state index in [-0.39, 0.29) is 0 Å². The lowest BCUT2D eigenvalue weighted by atomic mass is 10.1. The van der Waals surface area contributed by atoms with Crippen LogP contribution in [0.1, 0.15) is 39.5 Å². The van der Waals surface area contributed by atoms with E-state index < -0.39 is 0 Å². The molecular formula is C9H18ClN. The van der Waals surface area contributed by atoms with E-state index in [1.165, 1.54) is 25.7 Å². The first-order chi connectivity index (χ1) is 5.26. The van der Waals surface area contributed by atoms with Gasteiger partial charge >= 0.3 is 0 Å². The summed E-state index contributed by atoms with van der Waals surface area (Å²) in [6.07, 6.45) is 4.98. The molecule has 0 radical (unpaired) electrons. The SMILES string of the molecule is CCC(CC)NC1(CCl)CC1. The normalized spacial score (nSPS) is 20.7. The first-order valence-electron chi connectivity index (χ1n) is 4.60. The second kappa shape index (κ2) is 3.77. The van der Waals surface area contributed by atoms with Gasteiger partial charge in [-0.05, 0) is 25.7 Å². The molecule has 1 rings (SSSR count). The molecule has 0 bridgehead atoms. The standard InChI is InChI=1S/C9H18ClN/c1-3-8(4-2)11-9(7-10)5-6-9/h8,11H,3-7H2,1-2H3. The third-order valence-electron chi connectivity index (χ3n) is 2.61. The number of halogens is 1. The van der Waals surface area contributed by atoms with Crippen LogP contribution < -0.4 is 5.32 Å². The Morgan fingerprint density at radius 3 is 2.18 bits per heavy atom. The molecule has 1 N–H and O–H groups in total. The molecular weight excluding hydrogens is 158 g/mol. The zero-order valence-corrected chi connectivity index (χ0v) is 8.25. The molecule has 1 nitrogen and oxygen atoms in total. The fourth-order valence-electron chi connectivity index (χ4n) is 1.39. The maximum absolute atomic E-state index is 5.85. The monoisotopic (exact) mass is 175 g/mol. The first-order valence-corrected chi connectivity index (χ1v) is 5.13. The number of rotatable bonds is 5. The predicted octanol–water partition coefficient (Wildman–Crippen LogP) is 2.54. The van der Waals surface area contributed by atoms with E-state index in [2.05, 4.69) is 19.2 Å². The molecule has 0 unspecified atom stereocenters. The third-order valence-corrected chi connectivity index (χ3v) is 3.12. The van der Waals surface area contributed by atoms with Crippen LogP contribution in [0.15, 0.2) is 0 Å². The number of alkyl halides is 1. The Kier molecular flexibility index (Phi) is 3.20. The van der Waals surface area contributed by atoms with Gasteiger partial charge in [0.1, 0.15) is 0 Å². The van der Waals surface area contributed by atoms with E-state index in [0.717, 1.165) is 5.88 Å². The Hall–Kier alpha value is 0.250. The molecule has 0 saturated heterocycles. The van der Waals surface area contributed by atoms with Crippen LogP contribution in [-0.2, 0) is 0 Å². The second-order valence-corrected chi connectivity index (χ2v) is 3.84. The highest BCUT2D eigenvalue weighted by molar-refractivity contribution is 6.18. The summed E-state index contributed by atoms with van der Waals surface area (Å²) < 4.78 is 0. The summed E-state index contributed by atoms with van der Waals surface area (Å²) in [5, 5.41) is 3.62. The van der Waals surface area contributed by atoms with Crippen LogP contribution in [0.25, 0.3) is 0 Å². The van der Waals surface area contributed by atoms with Gasteiger partial charge in [0, 0.05) is 17.5 Å². The van der Waals surface area contributed by atoms with Gasteiger partial charge in [-0.1, -0.05) is 13.8 Å². The van der Waals surface area contributed by atoms with E-state index in [4.69, 9.17) is 11.6 Å². The highest BCUT2D eigenvalue weighted by Crippen LogP contribution is 2.37. The van der Waals surface area contributed by atoms with E-state index in [0.29, 0.717) is 11.6 Å². The molecule has 0 aliphatic heterocycles.